The molecule has 1 atom stereocenters. The van der Waals surface area contributed by atoms with Crippen LogP contribution in [0.4, 0.5) is 0 Å². The van der Waals surface area contributed by atoms with E-state index in [1.165, 1.54) is 29.5 Å². The van der Waals surface area contributed by atoms with Gasteiger partial charge in [-0.25, -0.2) is 0 Å². The van der Waals surface area contributed by atoms with Gasteiger partial charge in [-0.15, -0.1) is 0 Å². The fraction of sp³-hybridized carbons (Fsp3) is 0.481. The van der Waals surface area contributed by atoms with Crippen LogP contribution in [0.3, 0.4) is 0 Å². The second-order valence-corrected chi connectivity index (χ2v) is 9.84. The van der Waals surface area contributed by atoms with E-state index >= 15 is 0 Å². The Morgan fingerprint density at radius 1 is 1.00 bits per heavy atom. The summed E-state index contributed by atoms with van der Waals surface area (Å²) in [5.41, 5.74) is 5.59. The largest absolute Gasteiger partial charge is 0.390 e. The zero-order valence-electron chi connectivity index (χ0n) is 19.1. The van der Waals surface area contributed by atoms with Crippen molar-refractivity contribution in [3.05, 3.63) is 70.3 Å². The Bertz CT molecular complexity index is 1010. The Balaban J connectivity index is 1.09. The van der Waals surface area contributed by atoms with E-state index in [0.717, 1.165) is 31.4 Å². The molecule has 1 aliphatic heterocycles. The molecule has 0 spiro atoms. The van der Waals surface area contributed by atoms with E-state index in [0.29, 0.717) is 37.0 Å². The molecule has 0 aromatic heterocycles. The lowest BCUT2D eigenvalue weighted by molar-refractivity contribution is -0.132. The summed E-state index contributed by atoms with van der Waals surface area (Å²) in [7, 11) is 0. The number of benzene rings is 2. The van der Waals surface area contributed by atoms with Gasteiger partial charge in [-0.1, -0.05) is 30.3 Å². The molecule has 174 valence electrons. The first kappa shape index (κ1) is 22.1. The molecule has 2 aliphatic carbocycles. The summed E-state index contributed by atoms with van der Waals surface area (Å²) in [5.74, 6) is 0.631. The van der Waals surface area contributed by atoms with E-state index < -0.39 is 6.10 Å². The van der Waals surface area contributed by atoms with Crippen molar-refractivity contribution < 1.29 is 14.7 Å². The summed E-state index contributed by atoms with van der Waals surface area (Å²) in [5, 5.41) is 16.6. The van der Waals surface area contributed by atoms with E-state index in [2.05, 4.69) is 34.9 Å². The van der Waals surface area contributed by atoms with Crippen molar-refractivity contribution in [1.29, 1.82) is 0 Å². The highest BCUT2D eigenvalue weighted by molar-refractivity contribution is 5.94. The zero-order valence-corrected chi connectivity index (χ0v) is 19.1. The standard InChI is InChI=1S/C27H33N3O3/c31-25(15-28-24-13-20-3-1-2-4-21(20)14-24)16-29-27(33)22-8-7-19-9-10-30(17-23(19)12-22)26(32)11-18-5-6-18/h1-4,7-8,12,18,24-25,28,31H,5-6,9-11,13-17H2,(H,29,33). The third-order valence-electron chi connectivity index (χ3n) is 7.19. The van der Waals surface area contributed by atoms with Gasteiger partial charge in [-0.3, -0.25) is 9.59 Å². The van der Waals surface area contributed by atoms with Crippen LogP contribution >= 0.6 is 0 Å². The van der Waals surface area contributed by atoms with E-state index in [-0.39, 0.29) is 18.4 Å². The van der Waals surface area contributed by atoms with Crippen molar-refractivity contribution in [2.75, 3.05) is 19.6 Å². The lowest BCUT2D eigenvalue weighted by Crippen LogP contribution is -2.42. The molecule has 6 nitrogen and oxygen atoms in total. The Morgan fingerprint density at radius 3 is 2.48 bits per heavy atom. The third kappa shape index (κ3) is 5.45. The van der Waals surface area contributed by atoms with Gasteiger partial charge in [0.25, 0.3) is 5.91 Å². The molecule has 2 amide bonds. The molecule has 1 fully saturated rings. The van der Waals surface area contributed by atoms with Gasteiger partial charge in [0, 0.05) is 44.2 Å². The van der Waals surface area contributed by atoms with Crippen LogP contribution in [0.25, 0.3) is 0 Å². The van der Waals surface area contributed by atoms with Crippen molar-refractivity contribution in [3.63, 3.8) is 0 Å². The highest BCUT2D eigenvalue weighted by atomic mass is 16.3. The zero-order chi connectivity index (χ0) is 22.8. The number of fused-ring (bicyclic) bond motifs is 2. The van der Waals surface area contributed by atoms with Gasteiger partial charge in [0.15, 0.2) is 0 Å². The predicted molar refractivity (Wildman–Crippen MR) is 127 cm³/mol. The van der Waals surface area contributed by atoms with Gasteiger partial charge in [0.05, 0.1) is 6.10 Å². The first-order valence-electron chi connectivity index (χ1n) is 12.2. The van der Waals surface area contributed by atoms with E-state index in [9.17, 15) is 14.7 Å². The number of rotatable bonds is 8. The number of nitrogens with zero attached hydrogens (tertiary/aromatic N) is 1. The van der Waals surface area contributed by atoms with Crippen LogP contribution in [-0.4, -0.2) is 53.6 Å². The van der Waals surface area contributed by atoms with Gasteiger partial charge < -0.3 is 20.6 Å². The topological polar surface area (TPSA) is 81.7 Å². The number of aliphatic hydroxyl groups is 1. The van der Waals surface area contributed by atoms with Crippen molar-refractivity contribution in [3.8, 4) is 0 Å². The average Bonchev–Trinajstić information content (AvgIpc) is 3.55. The molecule has 3 aliphatic rings. The first-order chi connectivity index (χ1) is 16.0. The van der Waals surface area contributed by atoms with Crippen LogP contribution in [0.1, 0.15) is 51.9 Å². The highest BCUT2D eigenvalue weighted by Gasteiger charge is 2.29. The SMILES string of the molecule is O=C(NCC(O)CNC1Cc2ccccc2C1)c1ccc2c(c1)CN(C(=O)CC1CC1)CC2. The second-order valence-electron chi connectivity index (χ2n) is 9.84. The van der Waals surface area contributed by atoms with Gasteiger partial charge in [0.2, 0.25) is 5.91 Å². The fourth-order valence-corrected chi connectivity index (χ4v) is 5.00. The Kier molecular flexibility index (Phi) is 6.47. The lowest BCUT2D eigenvalue weighted by Gasteiger charge is -2.29. The summed E-state index contributed by atoms with van der Waals surface area (Å²) < 4.78 is 0. The average molecular weight is 448 g/mol. The van der Waals surface area contributed by atoms with E-state index in [1.54, 1.807) is 0 Å². The molecule has 3 N–H and O–H groups in total. The van der Waals surface area contributed by atoms with E-state index in [1.807, 2.05) is 23.1 Å². The van der Waals surface area contributed by atoms with Crippen LogP contribution in [0.5, 0.6) is 0 Å². The molecule has 1 heterocycles. The Labute approximate surface area is 195 Å². The summed E-state index contributed by atoms with van der Waals surface area (Å²) in [6, 6.07) is 14.5. The van der Waals surface area contributed by atoms with Gasteiger partial charge in [-0.2, -0.15) is 0 Å². The minimum Gasteiger partial charge on any atom is -0.390 e. The molecule has 0 radical (unpaired) electrons. The number of nitrogens with one attached hydrogen (secondary N) is 2. The molecule has 0 bridgehead atoms. The molecule has 1 saturated carbocycles. The van der Waals surface area contributed by atoms with Crippen molar-refractivity contribution in [2.24, 2.45) is 5.92 Å². The summed E-state index contributed by atoms with van der Waals surface area (Å²) in [6.45, 7) is 1.99. The number of hydrogen-bond donors (Lipinski definition) is 3. The van der Waals surface area contributed by atoms with Gasteiger partial charge >= 0.3 is 0 Å². The summed E-state index contributed by atoms with van der Waals surface area (Å²) in [4.78, 5) is 27.1. The molecule has 33 heavy (non-hydrogen) atoms. The van der Waals surface area contributed by atoms with Crippen molar-refractivity contribution in [2.45, 2.75) is 57.2 Å². The third-order valence-corrected chi connectivity index (χ3v) is 7.19. The van der Waals surface area contributed by atoms with Crippen LogP contribution in [0.15, 0.2) is 42.5 Å². The lowest BCUT2D eigenvalue weighted by atomic mass is 9.96. The summed E-state index contributed by atoms with van der Waals surface area (Å²) in [6.07, 6.45) is 5.16. The maximum absolute atomic E-state index is 12.7. The smallest absolute Gasteiger partial charge is 0.251 e. The van der Waals surface area contributed by atoms with Gasteiger partial charge in [0.1, 0.15) is 0 Å². The van der Waals surface area contributed by atoms with Crippen LogP contribution in [0, 0.1) is 5.92 Å². The fourth-order valence-electron chi connectivity index (χ4n) is 5.00. The van der Waals surface area contributed by atoms with Gasteiger partial charge in [-0.05, 0) is 72.4 Å². The number of carbonyl (C=O) groups excluding carboxylic acids is 2. The minimum absolute atomic E-state index is 0.188. The van der Waals surface area contributed by atoms with Crippen molar-refractivity contribution in [1.82, 2.24) is 15.5 Å². The second kappa shape index (κ2) is 9.65. The number of carbonyl (C=O) groups is 2. The molecule has 0 saturated heterocycles. The predicted octanol–water partition coefficient (Wildman–Crippen LogP) is 2.22. The number of hydrogen-bond acceptors (Lipinski definition) is 4. The Hall–Kier alpha value is -2.70. The normalized spacial score (nSPS) is 18.5. The first-order valence-corrected chi connectivity index (χ1v) is 12.2. The molecule has 2 aromatic carbocycles. The maximum Gasteiger partial charge on any atom is 0.251 e. The van der Waals surface area contributed by atoms with E-state index in [4.69, 9.17) is 0 Å². The molecule has 2 aromatic rings. The molecular weight excluding hydrogens is 414 g/mol. The molecular formula is C27H33N3O3. The molecule has 1 unspecified atom stereocenters. The molecule has 5 rings (SSSR count). The minimum atomic E-state index is -0.647. The Morgan fingerprint density at radius 2 is 1.76 bits per heavy atom. The van der Waals surface area contributed by atoms with Crippen molar-refractivity contribution >= 4 is 11.8 Å². The van der Waals surface area contributed by atoms with Crippen LogP contribution < -0.4 is 10.6 Å². The quantitative estimate of drug-likeness (QED) is 0.580. The van der Waals surface area contributed by atoms with Crippen LogP contribution in [-0.2, 0) is 30.6 Å². The number of aliphatic hydroxyl groups excluding tert-OH is 1. The highest BCUT2D eigenvalue weighted by Crippen LogP contribution is 2.33. The maximum atomic E-state index is 12.7. The monoisotopic (exact) mass is 447 g/mol. The molecule has 6 heteroatoms. The summed E-state index contributed by atoms with van der Waals surface area (Å²) >= 11 is 0. The van der Waals surface area contributed by atoms with Crippen LogP contribution in [0.2, 0.25) is 0 Å². The number of amides is 2.